The summed E-state index contributed by atoms with van der Waals surface area (Å²) in [5, 5.41) is 4.91. The normalized spacial score (nSPS) is 12.0. The molecule has 2 heterocycles. The molecule has 2 rings (SSSR count). The van der Waals surface area contributed by atoms with Gasteiger partial charge in [-0.25, -0.2) is 4.79 Å². The van der Waals surface area contributed by atoms with Crippen LogP contribution in [0.4, 0.5) is 0 Å². The highest BCUT2D eigenvalue weighted by Gasteiger charge is 2.23. The summed E-state index contributed by atoms with van der Waals surface area (Å²) in [6.07, 6.45) is 0. The zero-order chi connectivity index (χ0) is 16.3. The minimum atomic E-state index is -0.404. The Bertz CT molecular complexity index is 674. The maximum absolute atomic E-state index is 12.4. The van der Waals surface area contributed by atoms with Gasteiger partial charge in [0.15, 0.2) is 0 Å². The van der Waals surface area contributed by atoms with E-state index in [4.69, 9.17) is 4.74 Å². The van der Waals surface area contributed by atoms with E-state index in [2.05, 4.69) is 10.3 Å². The second-order valence-corrected chi connectivity index (χ2v) is 6.04. The second kappa shape index (κ2) is 6.79. The monoisotopic (exact) mass is 320 g/mol. The molecule has 0 bridgehead atoms. The van der Waals surface area contributed by atoms with Gasteiger partial charge in [-0.15, -0.1) is 11.3 Å². The van der Waals surface area contributed by atoms with Crippen LogP contribution in [0.5, 0.6) is 0 Å². The first-order valence-electron chi connectivity index (χ1n) is 7.16. The smallest absolute Gasteiger partial charge is 0.340 e. The van der Waals surface area contributed by atoms with Crippen molar-refractivity contribution < 1.29 is 14.3 Å². The van der Waals surface area contributed by atoms with Crippen LogP contribution in [0.1, 0.15) is 56.9 Å². The first kappa shape index (κ1) is 16.3. The Morgan fingerprint density at radius 2 is 2.14 bits per heavy atom. The van der Waals surface area contributed by atoms with Crippen molar-refractivity contribution in [1.29, 1.82) is 0 Å². The maximum atomic E-state index is 12.4. The number of rotatable bonds is 5. The molecule has 0 fully saturated rings. The van der Waals surface area contributed by atoms with Crippen LogP contribution in [0.25, 0.3) is 0 Å². The molecule has 0 radical (unpaired) electrons. The number of thiophene rings is 1. The van der Waals surface area contributed by atoms with E-state index in [1.54, 1.807) is 32.1 Å². The fourth-order valence-corrected chi connectivity index (χ4v) is 3.10. The van der Waals surface area contributed by atoms with Gasteiger partial charge in [-0.3, -0.25) is 4.79 Å². The van der Waals surface area contributed by atoms with Gasteiger partial charge >= 0.3 is 5.97 Å². The molecule has 0 aliphatic rings. The summed E-state index contributed by atoms with van der Waals surface area (Å²) in [5.41, 5.74) is 2.11. The number of carbonyl (C=O) groups is 2. The lowest BCUT2D eigenvalue weighted by Crippen LogP contribution is -2.27. The van der Waals surface area contributed by atoms with Gasteiger partial charge in [0.25, 0.3) is 5.91 Å². The molecule has 0 aliphatic heterocycles. The number of carbonyl (C=O) groups excluding carboxylic acids is 2. The van der Waals surface area contributed by atoms with Crippen molar-refractivity contribution in [2.45, 2.75) is 33.7 Å². The molecule has 2 N–H and O–H groups in total. The van der Waals surface area contributed by atoms with Gasteiger partial charge in [-0.2, -0.15) is 0 Å². The van der Waals surface area contributed by atoms with E-state index in [-0.39, 0.29) is 11.9 Å². The Hall–Kier alpha value is -2.08. The minimum absolute atomic E-state index is 0.0819. The fourth-order valence-electron chi connectivity index (χ4n) is 2.36. The van der Waals surface area contributed by atoms with Crippen LogP contribution in [0.2, 0.25) is 0 Å². The lowest BCUT2D eigenvalue weighted by atomic mass is 10.1. The molecule has 0 aliphatic carbocycles. The van der Waals surface area contributed by atoms with Crippen molar-refractivity contribution in [3.63, 3.8) is 0 Å². The quantitative estimate of drug-likeness (QED) is 0.830. The van der Waals surface area contributed by atoms with Crippen LogP contribution in [0.15, 0.2) is 17.5 Å². The van der Waals surface area contributed by atoms with Gasteiger partial charge in [-0.1, -0.05) is 6.07 Å². The molecule has 0 spiro atoms. The highest BCUT2D eigenvalue weighted by atomic mass is 32.1. The van der Waals surface area contributed by atoms with Crippen LogP contribution in [0, 0.1) is 13.8 Å². The first-order valence-corrected chi connectivity index (χ1v) is 8.04. The summed E-state index contributed by atoms with van der Waals surface area (Å²) >= 11 is 1.59. The van der Waals surface area contributed by atoms with E-state index in [0.717, 1.165) is 4.88 Å². The zero-order valence-corrected chi connectivity index (χ0v) is 14.0. The minimum Gasteiger partial charge on any atom is -0.462 e. The molecule has 22 heavy (non-hydrogen) atoms. The van der Waals surface area contributed by atoms with E-state index in [1.165, 1.54) is 0 Å². The van der Waals surface area contributed by atoms with Gasteiger partial charge < -0.3 is 15.0 Å². The van der Waals surface area contributed by atoms with Gasteiger partial charge in [0.05, 0.1) is 18.2 Å². The molecule has 0 unspecified atom stereocenters. The highest BCUT2D eigenvalue weighted by molar-refractivity contribution is 7.10. The average Bonchev–Trinajstić information content (AvgIpc) is 3.07. The first-order chi connectivity index (χ1) is 10.5. The Morgan fingerprint density at radius 1 is 1.41 bits per heavy atom. The number of aryl methyl sites for hydroxylation is 1. The molecule has 0 saturated carbocycles. The number of hydrogen-bond donors (Lipinski definition) is 2. The summed E-state index contributed by atoms with van der Waals surface area (Å²) in [6, 6.07) is 3.85. The molecule has 0 aromatic carbocycles. The average molecular weight is 320 g/mol. The lowest BCUT2D eigenvalue weighted by Gasteiger charge is -2.12. The van der Waals surface area contributed by atoms with Crippen molar-refractivity contribution in [3.05, 3.63) is 44.9 Å². The third kappa shape index (κ3) is 3.22. The second-order valence-electron chi connectivity index (χ2n) is 5.06. The van der Waals surface area contributed by atoms with Crippen LogP contribution in [0.3, 0.4) is 0 Å². The summed E-state index contributed by atoms with van der Waals surface area (Å²) in [4.78, 5) is 28.5. The fraction of sp³-hybridized carbons (Fsp3) is 0.375. The lowest BCUT2D eigenvalue weighted by molar-refractivity contribution is 0.0525. The van der Waals surface area contributed by atoms with Gasteiger partial charge in [0.1, 0.15) is 5.69 Å². The summed E-state index contributed by atoms with van der Waals surface area (Å²) < 4.78 is 5.03. The molecule has 1 amide bonds. The van der Waals surface area contributed by atoms with E-state index in [1.807, 2.05) is 24.4 Å². The Morgan fingerprint density at radius 3 is 2.73 bits per heavy atom. The summed E-state index contributed by atoms with van der Waals surface area (Å²) in [7, 11) is 0. The summed E-state index contributed by atoms with van der Waals surface area (Å²) in [6.45, 7) is 7.51. The number of ether oxygens (including phenoxy) is 1. The third-order valence-corrected chi connectivity index (χ3v) is 4.52. The van der Waals surface area contributed by atoms with Crippen LogP contribution < -0.4 is 5.32 Å². The van der Waals surface area contributed by atoms with Crippen LogP contribution in [-0.4, -0.2) is 23.5 Å². The van der Waals surface area contributed by atoms with E-state index < -0.39 is 5.97 Å². The standard InChI is InChI=1S/C16H20N2O3S/c1-5-21-16(20)13-9(2)14(17-11(13)4)15(19)18-10(3)12-7-6-8-22-12/h6-8,10,17H,5H2,1-4H3,(H,18,19)/t10-/m0/s1. The number of nitrogens with one attached hydrogen (secondary N) is 2. The summed E-state index contributed by atoms with van der Waals surface area (Å²) in [5.74, 6) is -0.629. The van der Waals surface area contributed by atoms with Crippen molar-refractivity contribution in [2.75, 3.05) is 6.61 Å². The van der Waals surface area contributed by atoms with E-state index in [0.29, 0.717) is 29.1 Å². The van der Waals surface area contributed by atoms with Crippen LogP contribution >= 0.6 is 11.3 Å². The SMILES string of the molecule is CCOC(=O)c1c(C)[nH]c(C(=O)N[C@@H](C)c2cccs2)c1C. The van der Waals surface area contributed by atoms with Crippen molar-refractivity contribution in [3.8, 4) is 0 Å². The van der Waals surface area contributed by atoms with Gasteiger partial charge in [0, 0.05) is 10.6 Å². The number of esters is 1. The molecule has 2 aromatic rings. The largest absolute Gasteiger partial charge is 0.462 e. The number of H-pyrrole nitrogens is 1. The highest BCUT2D eigenvalue weighted by Crippen LogP contribution is 2.22. The van der Waals surface area contributed by atoms with Gasteiger partial charge in [0.2, 0.25) is 0 Å². The third-order valence-electron chi connectivity index (χ3n) is 3.46. The molecule has 0 saturated heterocycles. The number of aromatic nitrogens is 1. The molecule has 118 valence electrons. The molecule has 2 aromatic heterocycles. The van der Waals surface area contributed by atoms with Crippen molar-refractivity contribution >= 4 is 23.2 Å². The van der Waals surface area contributed by atoms with E-state index >= 15 is 0 Å². The number of hydrogen-bond acceptors (Lipinski definition) is 4. The Labute approximate surface area is 133 Å². The Balaban J connectivity index is 2.20. The van der Waals surface area contributed by atoms with E-state index in [9.17, 15) is 9.59 Å². The predicted octanol–water partition coefficient (Wildman–Crippen LogP) is 3.36. The molecular formula is C16H20N2O3S. The zero-order valence-electron chi connectivity index (χ0n) is 13.1. The molecule has 5 nitrogen and oxygen atoms in total. The van der Waals surface area contributed by atoms with Crippen molar-refractivity contribution in [1.82, 2.24) is 10.3 Å². The molecular weight excluding hydrogens is 300 g/mol. The Kier molecular flexibility index (Phi) is 5.03. The number of aromatic amines is 1. The molecule has 1 atom stereocenters. The predicted molar refractivity (Wildman–Crippen MR) is 86.4 cm³/mol. The van der Waals surface area contributed by atoms with Crippen molar-refractivity contribution in [2.24, 2.45) is 0 Å². The topological polar surface area (TPSA) is 71.2 Å². The maximum Gasteiger partial charge on any atom is 0.340 e. The number of amides is 1. The molecule has 6 heteroatoms. The van der Waals surface area contributed by atoms with Gasteiger partial charge in [-0.05, 0) is 44.7 Å². The van der Waals surface area contributed by atoms with Crippen LogP contribution in [-0.2, 0) is 4.74 Å².